The van der Waals surface area contributed by atoms with Crippen LogP contribution in [0.15, 0.2) is 66.7 Å². The number of aliphatic carboxylic acids is 1. The van der Waals surface area contributed by atoms with Crippen molar-refractivity contribution in [2.45, 2.75) is 26.4 Å². The van der Waals surface area contributed by atoms with E-state index in [1.54, 1.807) is 32.0 Å². The van der Waals surface area contributed by atoms with E-state index < -0.39 is 17.8 Å². The van der Waals surface area contributed by atoms with Crippen molar-refractivity contribution >= 4 is 40.6 Å². The number of halogens is 1. The number of para-hydroxylation sites is 1. The van der Waals surface area contributed by atoms with E-state index in [0.29, 0.717) is 12.1 Å². The molecular formula is C26H24FN3O3S. The third-order valence-electron chi connectivity index (χ3n) is 5.76. The number of carbonyl (C=O) groups is 2. The summed E-state index contributed by atoms with van der Waals surface area (Å²) in [5.41, 5.74) is 4.11. The second-order valence-electron chi connectivity index (χ2n) is 8.47. The zero-order chi connectivity index (χ0) is 24.4. The van der Waals surface area contributed by atoms with E-state index in [0.717, 1.165) is 22.4 Å². The molecule has 0 bridgehead atoms. The summed E-state index contributed by atoms with van der Waals surface area (Å²) in [5, 5.41) is 15.7. The number of carboxylic acid groups (broad SMARTS) is 1. The first kappa shape index (κ1) is 23.4. The lowest BCUT2D eigenvalue weighted by molar-refractivity contribution is -0.144. The first-order valence-electron chi connectivity index (χ1n) is 10.8. The van der Waals surface area contributed by atoms with Crippen molar-refractivity contribution in [3.05, 3.63) is 83.7 Å². The third kappa shape index (κ3) is 4.77. The van der Waals surface area contributed by atoms with Gasteiger partial charge in [-0.15, -0.1) is 0 Å². The van der Waals surface area contributed by atoms with Crippen LogP contribution in [0, 0.1) is 11.7 Å². The van der Waals surface area contributed by atoms with Gasteiger partial charge in [-0.1, -0.05) is 50.2 Å². The van der Waals surface area contributed by atoms with Gasteiger partial charge in [0.15, 0.2) is 5.11 Å². The van der Waals surface area contributed by atoms with Gasteiger partial charge in [-0.3, -0.25) is 4.79 Å². The van der Waals surface area contributed by atoms with Crippen LogP contribution in [-0.4, -0.2) is 33.0 Å². The van der Waals surface area contributed by atoms with E-state index in [2.05, 4.69) is 10.6 Å². The average Bonchev–Trinajstić information content (AvgIpc) is 3.11. The maximum Gasteiger partial charge on any atom is 0.326 e. The van der Waals surface area contributed by atoms with Crippen molar-refractivity contribution in [1.82, 2.24) is 4.90 Å². The molecule has 8 heteroatoms. The van der Waals surface area contributed by atoms with Crippen molar-refractivity contribution in [2.75, 3.05) is 10.6 Å². The number of carboxylic acids is 1. The zero-order valence-corrected chi connectivity index (χ0v) is 19.5. The largest absolute Gasteiger partial charge is 0.480 e. The minimum Gasteiger partial charge on any atom is -0.480 e. The van der Waals surface area contributed by atoms with Gasteiger partial charge >= 0.3 is 5.97 Å². The van der Waals surface area contributed by atoms with Crippen LogP contribution >= 0.6 is 12.2 Å². The molecule has 1 aliphatic heterocycles. The molecule has 4 rings (SSSR count). The molecule has 0 spiro atoms. The van der Waals surface area contributed by atoms with Gasteiger partial charge in [-0.25, -0.2) is 9.18 Å². The molecule has 34 heavy (non-hydrogen) atoms. The molecule has 0 aliphatic carbocycles. The SMILES string of the molecule is CC(C)[C@@H](C(=O)O)N1Cc2ccc(-c3ccc(NC(=S)Nc4ccccc4F)cc3)cc2C1=O. The Balaban J connectivity index is 1.47. The number of nitrogens with one attached hydrogen (secondary N) is 2. The molecular weight excluding hydrogens is 453 g/mol. The molecule has 1 heterocycles. The maximum atomic E-state index is 13.8. The summed E-state index contributed by atoms with van der Waals surface area (Å²) in [5.74, 6) is -1.85. The van der Waals surface area contributed by atoms with Gasteiger partial charge < -0.3 is 20.6 Å². The van der Waals surface area contributed by atoms with E-state index in [1.807, 2.05) is 42.5 Å². The van der Waals surface area contributed by atoms with Gasteiger partial charge in [0.2, 0.25) is 0 Å². The molecule has 0 saturated heterocycles. The zero-order valence-electron chi connectivity index (χ0n) is 18.7. The van der Waals surface area contributed by atoms with Gasteiger partial charge in [0.05, 0.1) is 5.69 Å². The first-order chi connectivity index (χ1) is 16.2. The summed E-state index contributed by atoms with van der Waals surface area (Å²) in [4.78, 5) is 26.1. The maximum absolute atomic E-state index is 13.8. The topological polar surface area (TPSA) is 81.7 Å². The standard InChI is InChI=1S/C26H24FN3O3S/c1-15(2)23(25(32)33)30-14-18-8-7-17(13-20(18)24(30)31)16-9-11-19(12-10-16)28-26(34)29-22-6-4-3-5-21(22)27/h3-13,15,23H,14H2,1-2H3,(H,32,33)(H2,28,29,34)/t23-/m0/s1. The summed E-state index contributed by atoms with van der Waals surface area (Å²) < 4.78 is 13.8. The molecule has 1 amide bonds. The lowest BCUT2D eigenvalue weighted by Gasteiger charge is -2.27. The fraction of sp³-hybridized carbons (Fsp3) is 0.192. The third-order valence-corrected chi connectivity index (χ3v) is 5.96. The first-order valence-corrected chi connectivity index (χ1v) is 11.2. The molecule has 0 unspecified atom stereocenters. The molecule has 0 saturated carbocycles. The van der Waals surface area contributed by atoms with Crippen LogP contribution in [0.25, 0.3) is 11.1 Å². The van der Waals surface area contributed by atoms with Crippen LogP contribution in [0.1, 0.15) is 29.8 Å². The molecule has 0 fully saturated rings. The monoisotopic (exact) mass is 477 g/mol. The molecule has 3 aromatic carbocycles. The number of rotatable bonds is 6. The van der Waals surface area contributed by atoms with Crippen molar-refractivity contribution in [3.8, 4) is 11.1 Å². The van der Waals surface area contributed by atoms with E-state index in [9.17, 15) is 19.1 Å². The normalized spacial score (nSPS) is 13.5. The number of amides is 1. The Morgan fingerprint density at radius 3 is 2.35 bits per heavy atom. The second kappa shape index (κ2) is 9.61. The lowest BCUT2D eigenvalue weighted by atomic mass is 10.00. The predicted molar refractivity (Wildman–Crippen MR) is 134 cm³/mol. The number of carbonyl (C=O) groups excluding carboxylic acids is 1. The van der Waals surface area contributed by atoms with Gasteiger partial charge in [0.25, 0.3) is 5.91 Å². The number of anilines is 2. The summed E-state index contributed by atoms with van der Waals surface area (Å²) in [6.07, 6.45) is 0. The number of benzene rings is 3. The Kier molecular flexibility index (Phi) is 6.61. The van der Waals surface area contributed by atoms with Gasteiger partial charge in [-0.05, 0) is 65.2 Å². The second-order valence-corrected chi connectivity index (χ2v) is 8.88. The van der Waals surface area contributed by atoms with E-state index in [-0.39, 0.29) is 22.6 Å². The highest BCUT2D eigenvalue weighted by molar-refractivity contribution is 7.80. The Bertz CT molecular complexity index is 1260. The van der Waals surface area contributed by atoms with E-state index in [1.165, 1.54) is 11.0 Å². The van der Waals surface area contributed by atoms with E-state index in [4.69, 9.17) is 12.2 Å². The average molecular weight is 478 g/mol. The molecule has 0 radical (unpaired) electrons. The van der Waals surface area contributed by atoms with Gasteiger partial charge in [0.1, 0.15) is 11.9 Å². The number of fused-ring (bicyclic) bond motifs is 1. The molecule has 1 atom stereocenters. The number of hydrogen-bond acceptors (Lipinski definition) is 3. The van der Waals surface area contributed by atoms with E-state index >= 15 is 0 Å². The molecule has 174 valence electrons. The minimum atomic E-state index is -0.998. The van der Waals surface area contributed by atoms with Crippen LogP contribution in [0.5, 0.6) is 0 Å². The van der Waals surface area contributed by atoms with Crippen molar-refractivity contribution in [2.24, 2.45) is 5.92 Å². The Labute approximate surface area is 202 Å². The van der Waals surface area contributed by atoms with Crippen molar-refractivity contribution < 1.29 is 19.1 Å². The Hall–Kier alpha value is -3.78. The highest BCUT2D eigenvalue weighted by Gasteiger charge is 2.38. The highest BCUT2D eigenvalue weighted by Crippen LogP contribution is 2.31. The van der Waals surface area contributed by atoms with Crippen molar-refractivity contribution in [1.29, 1.82) is 0 Å². The fourth-order valence-corrected chi connectivity index (χ4v) is 4.33. The highest BCUT2D eigenvalue weighted by atomic mass is 32.1. The minimum absolute atomic E-state index is 0.200. The summed E-state index contributed by atoms with van der Waals surface area (Å²) in [6, 6.07) is 18.5. The Morgan fingerprint density at radius 2 is 1.71 bits per heavy atom. The van der Waals surface area contributed by atoms with Crippen LogP contribution in [0.3, 0.4) is 0 Å². The van der Waals surface area contributed by atoms with Crippen LogP contribution in [-0.2, 0) is 11.3 Å². The molecule has 3 aromatic rings. The summed E-state index contributed by atoms with van der Waals surface area (Å²) in [7, 11) is 0. The molecule has 0 aromatic heterocycles. The molecule has 3 N–H and O–H groups in total. The van der Waals surface area contributed by atoms with Gasteiger partial charge in [-0.2, -0.15) is 0 Å². The summed E-state index contributed by atoms with van der Waals surface area (Å²) >= 11 is 5.27. The Morgan fingerprint density at radius 1 is 1.03 bits per heavy atom. The van der Waals surface area contributed by atoms with Crippen LogP contribution in [0.4, 0.5) is 15.8 Å². The lowest BCUT2D eigenvalue weighted by Crippen LogP contribution is -2.44. The molecule has 6 nitrogen and oxygen atoms in total. The number of hydrogen-bond donors (Lipinski definition) is 3. The number of nitrogens with zero attached hydrogens (tertiary/aromatic N) is 1. The molecule has 1 aliphatic rings. The smallest absolute Gasteiger partial charge is 0.326 e. The van der Waals surface area contributed by atoms with Crippen LogP contribution < -0.4 is 10.6 Å². The fourth-order valence-electron chi connectivity index (χ4n) is 4.10. The quantitative estimate of drug-likeness (QED) is 0.415. The van der Waals surface area contributed by atoms with Gasteiger partial charge in [0, 0.05) is 17.8 Å². The summed E-state index contributed by atoms with van der Waals surface area (Å²) in [6.45, 7) is 3.89. The predicted octanol–water partition coefficient (Wildman–Crippen LogP) is 5.37. The van der Waals surface area contributed by atoms with Crippen LogP contribution in [0.2, 0.25) is 0 Å². The van der Waals surface area contributed by atoms with Crippen molar-refractivity contribution in [3.63, 3.8) is 0 Å². The number of thiocarbonyl (C=S) groups is 1.